The monoisotopic (exact) mass is 395 g/mol. The maximum Gasteiger partial charge on any atom is 0.333 e. The Hall–Kier alpha value is -2.36. The van der Waals surface area contributed by atoms with Crippen molar-refractivity contribution in [2.75, 3.05) is 13.2 Å². The number of aromatic nitrogens is 4. The molecule has 0 bridgehead atoms. The summed E-state index contributed by atoms with van der Waals surface area (Å²) in [5, 5.41) is 10.9. The summed E-state index contributed by atoms with van der Waals surface area (Å²) >= 11 is 0. The minimum atomic E-state index is -2.74. The van der Waals surface area contributed by atoms with Crippen LogP contribution in [0.2, 0.25) is 0 Å². The van der Waals surface area contributed by atoms with Gasteiger partial charge in [0.15, 0.2) is 5.82 Å². The number of ether oxygens (including phenoxy) is 1. The van der Waals surface area contributed by atoms with Gasteiger partial charge in [0.1, 0.15) is 5.54 Å². The number of aryl methyl sites for hydroxylation is 1. The third-order valence-electron chi connectivity index (χ3n) is 5.52. The number of amides is 1. The number of alkyl halides is 2. The third-order valence-corrected chi connectivity index (χ3v) is 5.52. The lowest BCUT2D eigenvalue weighted by molar-refractivity contribution is -0.124. The largest absolute Gasteiger partial charge is 0.381 e. The molecule has 0 spiro atoms. The number of nitrogens with zero attached hydrogens (tertiary/aromatic N) is 4. The van der Waals surface area contributed by atoms with Gasteiger partial charge in [-0.2, -0.15) is 18.9 Å². The van der Waals surface area contributed by atoms with Crippen LogP contribution in [0, 0.1) is 13.8 Å². The van der Waals surface area contributed by atoms with E-state index in [2.05, 4.69) is 20.6 Å². The molecule has 2 aromatic heterocycles. The summed E-state index contributed by atoms with van der Waals surface area (Å²) in [5.41, 5.74) is 0.417. The number of nitrogens with one attached hydrogen (secondary N) is 1. The Bertz CT molecular complexity index is 869. The molecule has 1 aliphatic heterocycles. The Kier molecular flexibility index (Phi) is 4.90. The van der Waals surface area contributed by atoms with E-state index in [1.165, 1.54) is 0 Å². The van der Waals surface area contributed by atoms with Crippen LogP contribution in [0.3, 0.4) is 0 Å². The van der Waals surface area contributed by atoms with Gasteiger partial charge in [0, 0.05) is 43.2 Å². The van der Waals surface area contributed by atoms with E-state index in [4.69, 9.17) is 9.26 Å². The van der Waals surface area contributed by atoms with Crippen molar-refractivity contribution in [3.8, 4) is 0 Å². The smallest absolute Gasteiger partial charge is 0.333 e. The number of carbonyl (C=O) groups is 1. The molecule has 0 unspecified atom stereocenters. The summed E-state index contributed by atoms with van der Waals surface area (Å²) < 4.78 is 37.7. The van der Waals surface area contributed by atoms with Gasteiger partial charge in [-0.25, -0.2) is 4.68 Å². The fourth-order valence-electron chi connectivity index (χ4n) is 3.66. The molecular weight excluding hydrogens is 372 g/mol. The Morgan fingerprint density at radius 3 is 2.64 bits per heavy atom. The number of carbonyl (C=O) groups excluding carboxylic acids is 1. The topological polar surface area (TPSA) is 95.1 Å². The molecule has 0 radical (unpaired) electrons. The SMILES string of the molecule is Cc1nn(C(F)F)c(C)c1CC(=O)NC1(c2nc(C3CC3)no2)CCOCC1. The molecule has 2 aliphatic rings. The predicted molar refractivity (Wildman–Crippen MR) is 92.8 cm³/mol. The van der Waals surface area contributed by atoms with E-state index in [1.807, 2.05) is 0 Å². The van der Waals surface area contributed by atoms with Crippen LogP contribution in [0.5, 0.6) is 0 Å². The van der Waals surface area contributed by atoms with Gasteiger partial charge in [-0.3, -0.25) is 4.79 Å². The second kappa shape index (κ2) is 7.23. The third kappa shape index (κ3) is 3.52. The van der Waals surface area contributed by atoms with Crippen molar-refractivity contribution >= 4 is 5.91 Å². The summed E-state index contributed by atoms with van der Waals surface area (Å²) in [6, 6.07) is 0. The van der Waals surface area contributed by atoms with Gasteiger partial charge in [0.05, 0.1) is 12.1 Å². The van der Waals surface area contributed by atoms with E-state index in [9.17, 15) is 13.6 Å². The van der Waals surface area contributed by atoms with Gasteiger partial charge >= 0.3 is 6.55 Å². The van der Waals surface area contributed by atoms with Gasteiger partial charge in [0.2, 0.25) is 5.91 Å². The van der Waals surface area contributed by atoms with Crippen LogP contribution >= 0.6 is 0 Å². The molecular formula is C18H23F2N5O3. The number of rotatable bonds is 6. The highest BCUT2D eigenvalue weighted by Gasteiger charge is 2.42. The van der Waals surface area contributed by atoms with Gasteiger partial charge in [-0.1, -0.05) is 5.16 Å². The average Bonchev–Trinajstić information content (AvgIpc) is 3.32. The Morgan fingerprint density at radius 2 is 2.04 bits per heavy atom. The van der Waals surface area contributed by atoms with Gasteiger partial charge < -0.3 is 14.6 Å². The predicted octanol–water partition coefficient (Wildman–Crippen LogP) is 2.52. The van der Waals surface area contributed by atoms with Crippen molar-refractivity contribution in [1.29, 1.82) is 0 Å². The zero-order valence-electron chi connectivity index (χ0n) is 15.9. The normalized spacial score (nSPS) is 19.2. The molecule has 28 heavy (non-hydrogen) atoms. The van der Waals surface area contributed by atoms with Crippen molar-refractivity contribution in [2.24, 2.45) is 0 Å². The summed E-state index contributed by atoms with van der Waals surface area (Å²) in [6.45, 7) is 1.35. The Morgan fingerprint density at radius 1 is 1.32 bits per heavy atom. The maximum atomic E-state index is 13.0. The average molecular weight is 395 g/mol. The Balaban J connectivity index is 1.54. The summed E-state index contributed by atoms with van der Waals surface area (Å²) in [5.74, 6) is 1.12. The molecule has 1 amide bonds. The van der Waals surface area contributed by atoms with E-state index in [-0.39, 0.29) is 18.0 Å². The summed E-state index contributed by atoms with van der Waals surface area (Å²) in [6.07, 6.45) is 3.08. The first kappa shape index (κ1) is 19.0. The summed E-state index contributed by atoms with van der Waals surface area (Å²) in [7, 11) is 0. The lowest BCUT2D eigenvalue weighted by Crippen LogP contribution is -2.50. The lowest BCUT2D eigenvalue weighted by Gasteiger charge is -2.34. The molecule has 8 nitrogen and oxygen atoms in total. The molecule has 0 atom stereocenters. The van der Waals surface area contributed by atoms with Gasteiger partial charge in [0.25, 0.3) is 5.89 Å². The molecule has 1 aliphatic carbocycles. The second-order valence-corrected chi connectivity index (χ2v) is 7.52. The van der Waals surface area contributed by atoms with Gasteiger partial charge in [-0.05, 0) is 26.7 Å². The maximum absolute atomic E-state index is 13.0. The molecule has 4 rings (SSSR count). The highest BCUT2D eigenvalue weighted by Crippen LogP contribution is 2.40. The Labute approximate surface area is 160 Å². The molecule has 10 heteroatoms. The van der Waals surface area contributed by atoms with Crippen LogP contribution < -0.4 is 5.32 Å². The molecule has 1 saturated carbocycles. The molecule has 0 aromatic carbocycles. The fraction of sp³-hybridized carbons (Fsp3) is 0.667. The molecule has 2 fully saturated rings. The van der Waals surface area contributed by atoms with Crippen molar-refractivity contribution in [3.63, 3.8) is 0 Å². The molecule has 3 heterocycles. The van der Waals surface area contributed by atoms with Crippen molar-refractivity contribution in [3.05, 3.63) is 28.7 Å². The molecule has 152 valence electrons. The number of hydrogen-bond acceptors (Lipinski definition) is 6. The number of hydrogen-bond donors (Lipinski definition) is 1. The quantitative estimate of drug-likeness (QED) is 0.808. The molecule has 1 saturated heterocycles. The first-order chi connectivity index (χ1) is 13.4. The first-order valence-electron chi connectivity index (χ1n) is 9.45. The van der Waals surface area contributed by atoms with Crippen molar-refractivity contribution in [1.82, 2.24) is 25.2 Å². The van der Waals surface area contributed by atoms with E-state index in [0.29, 0.717) is 59.6 Å². The van der Waals surface area contributed by atoms with E-state index in [0.717, 1.165) is 12.8 Å². The second-order valence-electron chi connectivity index (χ2n) is 7.52. The van der Waals surface area contributed by atoms with Crippen LogP contribution in [0.25, 0.3) is 0 Å². The minimum Gasteiger partial charge on any atom is -0.381 e. The van der Waals surface area contributed by atoms with Crippen LogP contribution in [-0.4, -0.2) is 39.0 Å². The van der Waals surface area contributed by atoms with Crippen LogP contribution in [0.1, 0.15) is 66.8 Å². The summed E-state index contributed by atoms with van der Waals surface area (Å²) in [4.78, 5) is 17.4. The van der Waals surface area contributed by atoms with Crippen LogP contribution in [0.4, 0.5) is 8.78 Å². The standard InChI is InChI=1S/C18H23F2N5O3/c1-10-13(11(2)25(23-10)17(19)20)9-14(26)22-18(5-7-27-8-6-18)16-21-15(24-28-16)12-3-4-12/h12,17H,3-9H2,1-2H3,(H,22,26). The highest BCUT2D eigenvalue weighted by atomic mass is 19.3. The van der Waals surface area contributed by atoms with Crippen LogP contribution in [-0.2, 0) is 21.5 Å². The van der Waals surface area contributed by atoms with E-state index >= 15 is 0 Å². The van der Waals surface area contributed by atoms with Crippen LogP contribution in [0.15, 0.2) is 4.52 Å². The first-order valence-corrected chi connectivity index (χ1v) is 9.45. The number of halogens is 2. The molecule has 1 N–H and O–H groups in total. The zero-order chi connectivity index (χ0) is 19.9. The minimum absolute atomic E-state index is 0.0450. The van der Waals surface area contributed by atoms with Crippen molar-refractivity contribution < 1.29 is 22.8 Å². The van der Waals surface area contributed by atoms with Gasteiger partial charge in [-0.15, -0.1) is 0 Å². The highest BCUT2D eigenvalue weighted by molar-refractivity contribution is 5.80. The lowest BCUT2D eigenvalue weighted by atomic mass is 9.89. The van der Waals surface area contributed by atoms with E-state index < -0.39 is 12.1 Å². The zero-order valence-corrected chi connectivity index (χ0v) is 15.9. The van der Waals surface area contributed by atoms with E-state index in [1.54, 1.807) is 13.8 Å². The molecule has 2 aromatic rings. The van der Waals surface area contributed by atoms with Crippen molar-refractivity contribution in [2.45, 2.75) is 64.0 Å². The fourth-order valence-corrected chi connectivity index (χ4v) is 3.66.